The first-order chi connectivity index (χ1) is 13.8. The third-order valence-electron chi connectivity index (χ3n) is 4.10. The van der Waals surface area contributed by atoms with Crippen molar-refractivity contribution >= 4 is 50.4 Å². The van der Waals surface area contributed by atoms with E-state index >= 15 is 0 Å². The monoisotopic (exact) mass is 446 g/mol. The number of carbonyl (C=O) groups excluding carboxylic acids is 1. The van der Waals surface area contributed by atoms with Crippen molar-refractivity contribution in [2.45, 2.75) is 28.9 Å². The van der Waals surface area contributed by atoms with Crippen molar-refractivity contribution in [3.05, 3.63) is 71.6 Å². The Kier molecular flexibility index (Phi) is 7.00. The normalized spacial score (nSPS) is 11.4. The molecule has 0 aliphatic rings. The van der Waals surface area contributed by atoms with Crippen LogP contribution in [0.5, 0.6) is 0 Å². The van der Waals surface area contributed by atoms with Gasteiger partial charge in [0.1, 0.15) is 4.21 Å². The average molecular weight is 447 g/mol. The van der Waals surface area contributed by atoms with E-state index in [9.17, 15) is 13.2 Å². The van der Waals surface area contributed by atoms with Gasteiger partial charge in [0.15, 0.2) is 0 Å². The van der Waals surface area contributed by atoms with E-state index in [2.05, 4.69) is 23.9 Å². The van der Waals surface area contributed by atoms with Gasteiger partial charge in [-0.25, -0.2) is 8.42 Å². The van der Waals surface area contributed by atoms with E-state index in [-0.39, 0.29) is 15.9 Å². The van der Waals surface area contributed by atoms with Crippen LogP contribution in [0.15, 0.2) is 75.1 Å². The number of sulfonamides is 1. The number of nitrogens with one attached hydrogen (secondary N) is 2. The number of thiophene rings is 1. The second-order valence-corrected chi connectivity index (χ2v) is 10.6. The van der Waals surface area contributed by atoms with Gasteiger partial charge in [0, 0.05) is 16.3 Å². The maximum atomic E-state index is 12.2. The molecule has 0 aliphatic heterocycles. The molecular weight excluding hydrogens is 424 g/mol. The average Bonchev–Trinajstić information content (AvgIpc) is 3.23. The van der Waals surface area contributed by atoms with Crippen molar-refractivity contribution in [2.75, 3.05) is 15.8 Å². The van der Waals surface area contributed by atoms with Crippen molar-refractivity contribution < 1.29 is 13.2 Å². The molecular formula is C21H22N2O3S3. The minimum atomic E-state index is -3.55. The number of rotatable bonds is 8. The molecule has 0 saturated carbocycles. The van der Waals surface area contributed by atoms with Crippen LogP contribution < -0.4 is 10.0 Å². The molecule has 0 saturated heterocycles. The van der Waals surface area contributed by atoms with Crippen LogP contribution in [0.4, 0.5) is 11.4 Å². The van der Waals surface area contributed by atoms with E-state index in [1.54, 1.807) is 41.8 Å². The Morgan fingerprint density at radius 1 is 1.00 bits per heavy atom. The Morgan fingerprint density at radius 2 is 1.66 bits per heavy atom. The summed E-state index contributed by atoms with van der Waals surface area (Å²) in [6.45, 7) is 4.26. The SMILES string of the molecule is CC(C)c1ccc(NC(=O)CSc2ccc(NS(=O)(=O)c3cccs3)cc2)cc1. The molecule has 8 heteroatoms. The molecule has 3 rings (SSSR count). The molecule has 0 radical (unpaired) electrons. The number of benzene rings is 2. The number of thioether (sulfide) groups is 1. The van der Waals surface area contributed by atoms with Gasteiger partial charge in [-0.05, 0) is 59.3 Å². The predicted molar refractivity (Wildman–Crippen MR) is 121 cm³/mol. The summed E-state index contributed by atoms with van der Waals surface area (Å²) in [5, 5.41) is 4.61. The zero-order valence-electron chi connectivity index (χ0n) is 16.1. The van der Waals surface area contributed by atoms with Gasteiger partial charge < -0.3 is 5.32 Å². The van der Waals surface area contributed by atoms with Crippen LogP contribution in [0.1, 0.15) is 25.3 Å². The van der Waals surface area contributed by atoms with Gasteiger partial charge in [-0.15, -0.1) is 23.1 Å². The largest absolute Gasteiger partial charge is 0.325 e. The van der Waals surface area contributed by atoms with Crippen molar-refractivity contribution in [1.82, 2.24) is 0 Å². The van der Waals surface area contributed by atoms with Crippen LogP contribution in [0.2, 0.25) is 0 Å². The van der Waals surface area contributed by atoms with Gasteiger partial charge in [0.25, 0.3) is 10.0 Å². The second-order valence-electron chi connectivity index (χ2n) is 6.68. The lowest BCUT2D eigenvalue weighted by Gasteiger charge is -2.09. The smallest absolute Gasteiger partial charge is 0.271 e. The first kappa shape index (κ1) is 21.4. The summed E-state index contributed by atoms with van der Waals surface area (Å²) in [6.07, 6.45) is 0. The zero-order valence-corrected chi connectivity index (χ0v) is 18.5. The zero-order chi connectivity index (χ0) is 20.9. The fraction of sp³-hybridized carbons (Fsp3) is 0.190. The molecule has 0 fully saturated rings. The molecule has 0 atom stereocenters. The molecule has 0 aliphatic carbocycles. The van der Waals surface area contributed by atoms with E-state index in [1.165, 1.54) is 28.7 Å². The van der Waals surface area contributed by atoms with E-state index in [4.69, 9.17) is 0 Å². The summed E-state index contributed by atoms with van der Waals surface area (Å²) in [7, 11) is -3.55. The van der Waals surface area contributed by atoms with Gasteiger partial charge in [-0.2, -0.15) is 0 Å². The van der Waals surface area contributed by atoms with Crippen molar-refractivity contribution in [3.8, 4) is 0 Å². The van der Waals surface area contributed by atoms with E-state index < -0.39 is 10.0 Å². The maximum Gasteiger partial charge on any atom is 0.271 e. The minimum absolute atomic E-state index is 0.0882. The fourth-order valence-electron chi connectivity index (χ4n) is 2.54. The summed E-state index contributed by atoms with van der Waals surface area (Å²) < 4.78 is 27.3. The molecule has 0 unspecified atom stereocenters. The van der Waals surface area contributed by atoms with Gasteiger partial charge in [-0.1, -0.05) is 32.0 Å². The summed E-state index contributed by atoms with van der Waals surface area (Å²) >= 11 is 2.56. The van der Waals surface area contributed by atoms with E-state index in [1.807, 2.05) is 24.3 Å². The molecule has 5 nitrogen and oxygen atoms in total. The summed E-state index contributed by atoms with van der Waals surface area (Å²) in [6, 6.07) is 18.1. The highest BCUT2D eigenvalue weighted by Crippen LogP contribution is 2.24. The van der Waals surface area contributed by atoms with Crippen LogP contribution in [0, 0.1) is 0 Å². The summed E-state index contributed by atoms with van der Waals surface area (Å²) in [4.78, 5) is 13.1. The summed E-state index contributed by atoms with van der Waals surface area (Å²) in [5.74, 6) is 0.634. The standard InChI is InChI=1S/C21H22N2O3S3/c1-15(2)16-5-7-17(8-6-16)22-20(24)14-28-19-11-9-18(10-12-19)23-29(25,26)21-4-3-13-27-21/h3-13,15,23H,14H2,1-2H3,(H,22,24). The van der Waals surface area contributed by atoms with Gasteiger partial charge >= 0.3 is 0 Å². The highest BCUT2D eigenvalue weighted by atomic mass is 32.2. The Balaban J connectivity index is 1.51. The van der Waals surface area contributed by atoms with Gasteiger partial charge in [0.05, 0.1) is 5.75 Å². The lowest BCUT2D eigenvalue weighted by Crippen LogP contribution is -2.14. The molecule has 1 heterocycles. The molecule has 2 aromatic carbocycles. The predicted octanol–water partition coefficient (Wildman–Crippen LogP) is 5.40. The molecule has 152 valence electrons. The van der Waals surface area contributed by atoms with E-state index in [0.717, 1.165) is 10.6 Å². The highest BCUT2D eigenvalue weighted by molar-refractivity contribution is 8.00. The quantitative estimate of drug-likeness (QED) is 0.454. The summed E-state index contributed by atoms with van der Waals surface area (Å²) in [5.41, 5.74) is 2.49. The number of carbonyl (C=O) groups is 1. The molecule has 0 spiro atoms. The van der Waals surface area contributed by atoms with E-state index in [0.29, 0.717) is 11.6 Å². The fourth-order valence-corrected chi connectivity index (χ4v) is 5.29. The Bertz CT molecular complexity index is 1040. The third kappa shape index (κ3) is 6.09. The molecule has 2 N–H and O–H groups in total. The van der Waals surface area contributed by atoms with Crippen molar-refractivity contribution in [2.24, 2.45) is 0 Å². The molecule has 29 heavy (non-hydrogen) atoms. The number of anilines is 2. The maximum absolute atomic E-state index is 12.2. The number of amides is 1. The lowest BCUT2D eigenvalue weighted by atomic mass is 10.0. The molecule has 1 aromatic heterocycles. The Hall–Kier alpha value is -2.29. The van der Waals surface area contributed by atoms with Crippen LogP contribution in [-0.2, 0) is 14.8 Å². The highest BCUT2D eigenvalue weighted by Gasteiger charge is 2.15. The molecule has 0 bridgehead atoms. The van der Waals surface area contributed by atoms with Crippen molar-refractivity contribution in [3.63, 3.8) is 0 Å². The van der Waals surface area contributed by atoms with Crippen LogP contribution >= 0.6 is 23.1 Å². The number of hydrogen-bond acceptors (Lipinski definition) is 5. The third-order valence-corrected chi connectivity index (χ3v) is 7.89. The molecule has 1 amide bonds. The van der Waals surface area contributed by atoms with Crippen LogP contribution in [0.3, 0.4) is 0 Å². The number of hydrogen-bond donors (Lipinski definition) is 2. The Morgan fingerprint density at radius 3 is 2.24 bits per heavy atom. The first-order valence-corrected chi connectivity index (χ1v) is 12.4. The lowest BCUT2D eigenvalue weighted by molar-refractivity contribution is -0.113. The van der Waals surface area contributed by atoms with Gasteiger partial charge in [-0.3, -0.25) is 9.52 Å². The minimum Gasteiger partial charge on any atom is -0.325 e. The second kappa shape index (κ2) is 9.47. The topological polar surface area (TPSA) is 75.3 Å². The van der Waals surface area contributed by atoms with Gasteiger partial charge in [0.2, 0.25) is 5.91 Å². The van der Waals surface area contributed by atoms with Crippen molar-refractivity contribution in [1.29, 1.82) is 0 Å². The Labute approximate surface area is 179 Å². The molecule has 3 aromatic rings. The first-order valence-electron chi connectivity index (χ1n) is 9.02. The van der Waals surface area contributed by atoms with Crippen LogP contribution in [0.25, 0.3) is 0 Å². The van der Waals surface area contributed by atoms with Crippen LogP contribution in [-0.4, -0.2) is 20.1 Å².